The summed E-state index contributed by atoms with van der Waals surface area (Å²) in [6.07, 6.45) is 9.97. The fourth-order valence-corrected chi connectivity index (χ4v) is 4.98. The van der Waals surface area contributed by atoms with Gasteiger partial charge in [0.15, 0.2) is 11.6 Å². The van der Waals surface area contributed by atoms with Crippen LogP contribution in [-0.2, 0) is 9.59 Å². The molecule has 0 aromatic carbocycles. The summed E-state index contributed by atoms with van der Waals surface area (Å²) in [7, 11) is 0. The summed E-state index contributed by atoms with van der Waals surface area (Å²) in [4.78, 5) is 37.3. The molecule has 2 aliphatic heterocycles. The fourth-order valence-electron chi connectivity index (χ4n) is 4.98. The van der Waals surface area contributed by atoms with Gasteiger partial charge < -0.3 is 9.64 Å². The number of fused-ring (bicyclic) bond motifs is 1. The van der Waals surface area contributed by atoms with Gasteiger partial charge in [-0.3, -0.25) is 19.4 Å². The lowest BCUT2D eigenvalue weighted by Crippen LogP contribution is -2.65. The Labute approximate surface area is 179 Å². The van der Waals surface area contributed by atoms with Crippen LogP contribution in [0.5, 0.6) is 5.75 Å². The summed E-state index contributed by atoms with van der Waals surface area (Å²) in [5, 5.41) is 0. The van der Waals surface area contributed by atoms with Gasteiger partial charge in [0.05, 0.1) is 0 Å². The Morgan fingerprint density at radius 1 is 1.20 bits per heavy atom. The van der Waals surface area contributed by atoms with E-state index in [-0.39, 0.29) is 11.8 Å². The third-order valence-electron chi connectivity index (χ3n) is 6.81. The minimum absolute atomic E-state index is 0.230. The Morgan fingerprint density at radius 3 is 2.63 bits per heavy atom. The summed E-state index contributed by atoms with van der Waals surface area (Å²) < 4.78 is 6.04. The molecule has 1 aromatic rings. The van der Waals surface area contributed by atoms with Crippen molar-refractivity contribution in [3.8, 4) is 5.75 Å². The number of ether oxygens (including phenoxy) is 1. The molecule has 7 nitrogen and oxygen atoms in total. The molecule has 1 saturated carbocycles. The third kappa shape index (κ3) is 3.92. The molecule has 1 aromatic heterocycles. The molecule has 2 fully saturated rings. The molecule has 3 heterocycles. The van der Waals surface area contributed by atoms with Gasteiger partial charge in [-0.2, -0.15) is 0 Å². The van der Waals surface area contributed by atoms with Gasteiger partial charge in [-0.15, -0.1) is 0 Å². The van der Waals surface area contributed by atoms with E-state index in [4.69, 9.17) is 4.74 Å². The minimum atomic E-state index is -1.53. The number of nitrogens with zero attached hydrogens (tertiary/aromatic N) is 4. The molecular weight excluding hydrogens is 380 g/mol. The van der Waals surface area contributed by atoms with Crippen LogP contribution in [0.4, 0.5) is 5.82 Å². The third-order valence-corrected chi connectivity index (χ3v) is 6.81. The van der Waals surface area contributed by atoms with E-state index in [1.807, 2.05) is 4.90 Å². The normalized spacial score (nSPS) is 25.7. The number of hydrogen-bond donors (Lipinski definition) is 0. The molecule has 1 saturated heterocycles. The number of piperazine rings is 1. The molecule has 0 radical (unpaired) electrons. The zero-order chi connectivity index (χ0) is 21.1. The highest BCUT2D eigenvalue weighted by atomic mass is 16.5. The predicted molar refractivity (Wildman–Crippen MR) is 116 cm³/mol. The SMILES string of the molecule is CCCCN1C(=O)C(C)(C(=O)N2CCN(C3CCCCC3)CC2)Oc2cccnc21. The molecule has 0 spiro atoms. The molecule has 1 atom stereocenters. The maximum atomic E-state index is 13.5. The number of anilines is 1. The monoisotopic (exact) mass is 414 g/mol. The minimum Gasteiger partial charge on any atom is -0.464 e. The lowest BCUT2D eigenvalue weighted by atomic mass is 9.93. The first-order chi connectivity index (χ1) is 14.5. The molecule has 7 heteroatoms. The number of amides is 2. The molecular formula is C23H34N4O3. The molecule has 30 heavy (non-hydrogen) atoms. The zero-order valence-corrected chi connectivity index (χ0v) is 18.3. The highest BCUT2D eigenvalue weighted by Gasteiger charge is 2.53. The van der Waals surface area contributed by atoms with Gasteiger partial charge in [0.25, 0.3) is 17.4 Å². The lowest BCUT2D eigenvalue weighted by Gasteiger charge is -2.44. The quantitative estimate of drug-likeness (QED) is 0.693. The topological polar surface area (TPSA) is 66.0 Å². The lowest BCUT2D eigenvalue weighted by molar-refractivity contribution is -0.157. The van der Waals surface area contributed by atoms with Gasteiger partial charge in [-0.05, 0) is 38.3 Å². The average molecular weight is 415 g/mol. The van der Waals surface area contributed by atoms with Crippen molar-refractivity contribution in [2.24, 2.45) is 0 Å². The van der Waals surface area contributed by atoms with Gasteiger partial charge >= 0.3 is 0 Å². The molecule has 1 unspecified atom stereocenters. The summed E-state index contributed by atoms with van der Waals surface area (Å²) >= 11 is 0. The van der Waals surface area contributed by atoms with Crippen molar-refractivity contribution >= 4 is 17.6 Å². The number of carbonyl (C=O) groups excluding carboxylic acids is 2. The number of rotatable bonds is 5. The molecule has 1 aliphatic carbocycles. The largest absolute Gasteiger partial charge is 0.464 e. The van der Waals surface area contributed by atoms with Crippen molar-refractivity contribution in [1.29, 1.82) is 0 Å². The van der Waals surface area contributed by atoms with Gasteiger partial charge in [-0.25, -0.2) is 4.98 Å². The second kappa shape index (κ2) is 8.92. The molecule has 2 amide bonds. The Kier molecular flexibility index (Phi) is 6.27. The average Bonchev–Trinajstić information content (AvgIpc) is 2.79. The van der Waals surface area contributed by atoms with Crippen LogP contribution in [0, 0.1) is 0 Å². The van der Waals surface area contributed by atoms with Crippen LogP contribution in [0.2, 0.25) is 0 Å². The first-order valence-electron chi connectivity index (χ1n) is 11.5. The van der Waals surface area contributed by atoms with Gasteiger partial charge in [0.1, 0.15) is 0 Å². The van der Waals surface area contributed by atoms with Gasteiger partial charge in [0, 0.05) is 45.0 Å². The van der Waals surface area contributed by atoms with E-state index in [1.165, 1.54) is 32.1 Å². The van der Waals surface area contributed by atoms with E-state index in [0.717, 1.165) is 25.9 Å². The van der Waals surface area contributed by atoms with Crippen molar-refractivity contribution in [3.63, 3.8) is 0 Å². The maximum Gasteiger partial charge on any atom is 0.282 e. The highest BCUT2D eigenvalue weighted by Crippen LogP contribution is 2.37. The standard InChI is InChI=1S/C23H34N4O3/c1-3-4-13-27-20-19(11-8-12-24-20)30-23(2,22(27)29)21(28)26-16-14-25(15-17-26)18-9-6-5-7-10-18/h8,11-12,18H,3-7,9-10,13-17H2,1-2H3. The van der Waals surface area contributed by atoms with Gasteiger partial charge in [0.2, 0.25) is 0 Å². The van der Waals surface area contributed by atoms with Crippen LogP contribution >= 0.6 is 0 Å². The van der Waals surface area contributed by atoms with Crippen molar-refractivity contribution in [2.45, 2.75) is 70.4 Å². The van der Waals surface area contributed by atoms with E-state index in [2.05, 4.69) is 16.8 Å². The van der Waals surface area contributed by atoms with Crippen molar-refractivity contribution in [3.05, 3.63) is 18.3 Å². The van der Waals surface area contributed by atoms with Crippen molar-refractivity contribution in [2.75, 3.05) is 37.6 Å². The van der Waals surface area contributed by atoms with Crippen LogP contribution in [-0.4, -0.2) is 71.0 Å². The van der Waals surface area contributed by atoms with Crippen LogP contribution < -0.4 is 9.64 Å². The zero-order valence-electron chi connectivity index (χ0n) is 18.3. The van der Waals surface area contributed by atoms with Crippen LogP contribution in [0.25, 0.3) is 0 Å². The predicted octanol–water partition coefficient (Wildman–Crippen LogP) is 2.84. The van der Waals surface area contributed by atoms with Crippen molar-refractivity contribution < 1.29 is 14.3 Å². The summed E-state index contributed by atoms with van der Waals surface area (Å²) in [6, 6.07) is 4.22. The van der Waals surface area contributed by atoms with Crippen molar-refractivity contribution in [1.82, 2.24) is 14.8 Å². The molecule has 3 aliphatic rings. The van der Waals surface area contributed by atoms with E-state index >= 15 is 0 Å². The van der Waals surface area contributed by atoms with Gasteiger partial charge in [-0.1, -0.05) is 32.6 Å². The Balaban J connectivity index is 1.48. The fraction of sp³-hybridized carbons (Fsp3) is 0.696. The Bertz CT molecular complexity index is 771. The number of aromatic nitrogens is 1. The van der Waals surface area contributed by atoms with Crippen LogP contribution in [0.1, 0.15) is 58.8 Å². The molecule has 0 bridgehead atoms. The first kappa shape index (κ1) is 21.1. The Morgan fingerprint density at radius 2 is 1.93 bits per heavy atom. The Hall–Kier alpha value is -2.15. The van der Waals surface area contributed by atoms with E-state index < -0.39 is 5.60 Å². The number of unbranched alkanes of at least 4 members (excludes halogenated alkanes) is 1. The highest BCUT2D eigenvalue weighted by molar-refractivity contribution is 6.16. The molecule has 164 valence electrons. The number of hydrogen-bond acceptors (Lipinski definition) is 5. The molecule has 0 N–H and O–H groups in total. The van der Waals surface area contributed by atoms with Crippen LogP contribution in [0.3, 0.4) is 0 Å². The smallest absolute Gasteiger partial charge is 0.282 e. The summed E-state index contributed by atoms with van der Waals surface area (Å²) in [5.74, 6) is 0.488. The number of pyridine rings is 1. The second-order valence-corrected chi connectivity index (χ2v) is 8.89. The summed E-state index contributed by atoms with van der Waals surface area (Å²) in [5.41, 5.74) is -1.53. The first-order valence-corrected chi connectivity index (χ1v) is 11.5. The maximum absolute atomic E-state index is 13.5. The molecule has 4 rings (SSSR count). The number of carbonyl (C=O) groups is 2. The van der Waals surface area contributed by atoms with E-state index in [1.54, 1.807) is 30.2 Å². The van der Waals surface area contributed by atoms with E-state index in [0.29, 0.717) is 37.2 Å². The second-order valence-electron chi connectivity index (χ2n) is 8.89. The summed E-state index contributed by atoms with van der Waals surface area (Å²) in [6.45, 7) is 7.30. The van der Waals surface area contributed by atoms with E-state index in [9.17, 15) is 9.59 Å². The van der Waals surface area contributed by atoms with Crippen LogP contribution in [0.15, 0.2) is 18.3 Å².